The highest BCUT2D eigenvalue weighted by molar-refractivity contribution is 14.0. The lowest BCUT2D eigenvalue weighted by molar-refractivity contribution is 0.0657. The minimum absolute atomic E-state index is 0. The molecule has 0 fully saturated rings. The third-order valence-electron chi connectivity index (χ3n) is 4.12. The maximum atomic E-state index is 5.67. The number of nitrogens with one attached hydrogen (secondary N) is 2. The van der Waals surface area contributed by atoms with Crippen LogP contribution >= 0.6 is 24.0 Å². The van der Waals surface area contributed by atoms with Gasteiger partial charge in [-0.25, -0.2) is 0 Å². The molecular formula is C22H32IN3O2. The molecule has 2 N–H and O–H groups in total. The molecule has 154 valence electrons. The average Bonchev–Trinajstić information content (AvgIpc) is 2.69. The van der Waals surface area contributed by atoms with Crippen LogP contribution in [0.25, 0.3) is 0 Å². The first-order valence-electron chi connectivity index (χ1n) is 9.37. The van der Waals surface area contributed by atoms with Crippen LogP contribution in [0.2, 0.25) is 0 Å². The van der Waals surface area contributed by atoms with Crippen LogP contribution in [0.1, 0.15) is 30.5 Å². The molecule has 0 saturated carbocycles. The van der Waals surface area contributed by atoms with Gasteiger partial charge in [-0.15, -0.1) is 24.0 Å². The second-order valence-corrected chi connectivity index (χ2v) is 6.63. The van der Waals surface area contributed by atoms with Crippen LogP contribution in [0.15, 0.2) is 53.5 Å². The van der Waals surface area contributed by atoms with Crippen molar-refractivity contribution in [3.63, 3.8) is 0 Å². The molecule has 2 aromatic rings. The molecule has 0 amide bonds. The third-order valence-corrected chi connectivity index (χ3v) is 4.12. The van der Waals surface area contributed by atoms with Gasteiger partial charge in [0.25, 0.3) is 0 Å². The van der Waals surface area contributed by atoms with Crippen LogP contribution in [-0.4, -0.2) is 32.8 Å². The standard InChI is InChI=1S/C22H31N3O2.HI/c1-17(2)27-16-20-7-5-6-19(14-20)15-25-22(23-3)24-13-12-18-8-10-21(26-4)11-9-18;/h5-11,14,17H,12-13,15-16H2,1-4H3,(H2,23,24,25);1H. The number of rotatable bonds is 9. The summed E-state index contributed by atoms with van der Waals surface area (Å²) < 4.78 is 10.9. The number of hydrogen-bond donors (Lipinski definition) is 2. The maximum absolute atomic E-state index is 5.67. The molecule has 0 radical (unpaired) electrons. The van der Waals surface area contributed by atoms with Crippen molar-refractivity contribution in [3.8, 4) is 5.75 Å². The summed E-state index contributed by atoms with van der Waals surface area (Å²) in [5.41, 5.74) is 3.65. The molecule has 28 heavy (non-hydrogen) atoms. The first-order chi connectivity index (χ1) is 13.1. The van der Waals surface area contributed by atoms with E-state index in [0.717, 1.165) is 31.2 Å². The minimum atomic E-state index is 0. The van der Waals surface area contributed by atoms with Gasteiger partial charge < -0.3 is 20.1 Å². The van der Waals surface area contributed by atoms with Gasteiger partial charge in [0.05, 0.1) is 19.8 Å². The van der Waals surface area contributed by atoms with Gasteiger partial charge in [0.15, 0.2) is 5.96 Å². The van der Waals surface area contributed by atoms with Gasteiger partial charge >= 0.3 is 0 Å². The van der Waals surface area contributed by atoms with E-state index in [1.54, 1.807) is 14.2 Å². The van der Waals surface area contributed by atoms with Gasteiger partial charge in [0.2, 0.25) is 0 Å². The molecule has 6 heteroatoms. The first kappa shape index (κ1) is 24.2. The van der Waals surface area contributed by atoms with Gasteiger partial charge in [-0.05, 0) is 49.1 Å². The predicted molar refractivity (Wildman–Crippen MR) is 127 cm³/mol. The summed E-state index contributed by atoms with van der Waals surface area (Å²) in [7, 11) is 3.47. The van der Waals surface area contributed by atoms with E-state index >= 15 is 0 Å². The molecule has 0 aliphatic carbocycles. The lowest BCUT2D eigenvalue weighted by atomic mass is 10.1. The Morgan fingerprint density at radius 1 is 1.00 bits per heavy atom. The lowest BCUT2D eigenvalue weighted by Crippen LogP contribution is -2.37. The van der Waals surface area contributed by atoms with Crippen LogP contribution in [-0.2, 0) is 24.3 Å². The number of guanidine groups is 1. The van der Waals surface area contributed by atoms with E-state index < -0.39 is 0 Å². The third kappa shape index (κ3) is 8.93. The van der Waals surface area contributed by atoms with E-state index in [0.29, 0.717) is 6.61 Å². The number of nitrogens with zero attached hydrogens (tertiary/aromatic N) is 1. The highest BCUT2D eigenvalue weighted by Crippen LogP contribution is 2.11. The smallest absolute Gasteiger partial charge is 0.191 e. The lowest BCUT2D eigenvalue weighted by Gasteiger charge is -2.13. The quantitative estimate of drug-likeness (QED) is 0.311. The summed E-state index contributed by atoms with van der Waals surface area (Å²) >= 11 is 0. The normalized spacial score (nSPS) is 11.1. The highest BCUT2D eigenvalue weighted by Gasteiger charge is 2.02. The average molecular weight is 497 g/mol. The molecule has 2 aromatic carbocycles. The monoisotopic (exact) mass is 497 g/mol. The molecule has 5 nitrogen and oxygen atoms in total. The van der Waals surface area contributed by atoms with Gasteiger partial charge in [-0.2, -0.15) is 0 Å². The van der Waals surface area contributed by atoms with Gasteiger partial charge in [0, 0.05) is 20.1 Å². The summed E-state index contributed by atoms with van der Waals surface area (Å²) in [5, 5.41) is 6.71. The summed E-state index contributed by atoms with van der Waals surface area (Å²) in [6.07, 6.45) is 1.16. The number of hydrogen-bond acceptors (Lipinski definition) is 3. The van der Waals surface area contributed by atoms with Crippen molar-refractivity contribution >= 4 is 29.9 Å². The number of methoxy groups -OCH3 is 1. The van der Waals surface area contributed by atoms with Crippen molar-refractivity contribution in [3.05, 3.63) is 65.2 Å². The van der Waals surface area contributed by atoms with Crippen molar-refractivity contribution in [1.82, 2.24) is 10.6 Å². The van der Waals surface area contributed by atoms with Crippen molar-refractivity contribution in [2.45, 2.75) is 39.5 Å². The molecule has 0 bridgehead atoms. The van der Waals surface area contributed by atoms with E-state index in [1.165, 1.54) is 16.7 Å². The number of benzene rings is 2. The van der Waals surface area contributed by atoms with E-state index in [1.807, 2.05) is 26.0 Å². The molecule has 0 spiro atoms. The topological polar surface area (TPSA) is 54.9 Å². The van der Waals surface area contributed by atoms with Gasteiger partial charge in [-0.3, -0.25) is 4.99 Å². The molecule has 0 aliphatic heterocycles. The summed E-state index contributed by atoms with van der Waals surface area (Å²) in [5.74, 6) is 1.68. The van der Waals surface area contributed by atoms with E-state index in [2.05, 4.69) is 52.0 Å². The Kier molecular flexibility index (Phi) is 11.6. The zero-order valence-electron chi connectivity index (χ0n) is 17.2. The Morgan fingerprint density at radius 3 is 2.36 bits per heavy atom. The summed E-state index contributed by atoms with van der Waals surface area (Å²) in [4.78, 5) is 4.29. The van der Waals surface area contributed by atoms with Crippen LogP contribution in [0.4, 0.5) is 0 Å². The van der Waals surface area contributed by atoms with Crippen LogP contribution in [0.5, 0.6) is 5.75 Å². The fourth-order valence-corrected chi connectivity index (χ4v) is 2.62. The molecule has 2 rings (SSSR count). The molecule has 0 aliphatic rings. The number of aliphatic imine (C=N–C) groups is 1. The Morgan fingerprint density at radius 2 is 1.71 bits per heavy atom. The second kappa shape index (κ2) is 13.4. The van der Waals surface area contributed by atoms with E-state index in [4.69, 9.17) is 9.47 Å². The first-order valence-corrected chi connectivity index (χ1v) is 9.37. The SMILES string of the molecule is CN=C(NCCc1ccc(OC)cc1)NCc1cccc(COC(C)C)c1.I. The van der Waals surface area contributed by atoms with Crippen molar-refractivity contribution in [2.75, 3.05) is 20.7 Å². The Bertz CT molecular complexity index is 718. The van der Waals surface area contributed by atoms with Crippen LogP contribution in [0, 0.1) is 0 Å². The summed E-state index contributed by atoms with van der Waals surface area (Å²) in [6.45, 7) is 6.27. The molecule has 0 aromatic heterocycles. The summed E-state index contributed by atoms with van der Waals surface area (Å²) in [6, 6.07) is 16.6. The van der Waals surface area contributed by atoms with Crippen molar-refractivity contribution in [1.29, 1.82) is 0 Å². The zero-order chi connectivity index (χ0) is 19.5. The zero-order valence-corrected chi connectivity index (χ0v) is 19.5. The highest BCUT2D eigenvalue weighted by atomic mass is 127. The van der Waals surface area contributed by atoms with Crippen molar-refractivity contribution < 1.29 is 9.47 Å². The minimum Gasteiger partial charge on any atom is -0.497 e. The Balaban J connectivity index is 0.00000392. The largest absolute Gasteiger partial charge is 0.497 e. The molecular weight excluding hydrogens is 465 g/mol. The predicted octanol–water partition coefficient (Wildman–Crippen LogP) is 4.15. The van der Waals surface area contributed by atoms with Gasteiger partial charge in [0.1, 0.15) is 5.75 Å². The Labute approximate surface area is 186 Å². The fourth-order valence-electron chi connectivity index (χ4n) is 2.62. The van der Waals surface area contributed by atoms with Crippen LogP contribution < -0.4 is 15.4 Å². The fraction of sp³-hybridized carbons (Fsp3) is 0.409. The van der Waals surface area contributed by atoms with E-state index in [-0.39, 0.29) is 30.1 Å². The second-order valence-electron chi connectivity index (χ2n) is 6.63. The maximum Gasteiger partial charge on any atom is 0.191 e. The van der Waals surface area contributed by atoms with Gasteiger partial charge in [-0.1, -0.05) is 36.4 Å². The van der Waals surface area contributed by atoms with Crippen molar-refractivity contribution in [2.24, 2.45) is 4.99 Å². The van der Waals surface area contributed by atoms with Crippen LogP contribution in [0.3, 0.4) is 0 Å². The number of ether oxygens (including phenoxy) is 2. The molecule has 0 saturated heterocycles. The molecule has 0 atom stereocenters. The Hall–Kier alpha value is -1.80. The van der Waals surface area contributed by atoms with E-state index in [9.17, 15) is 0 Å². The molecule has 0 unspecified atom stereocenters. The molecule has 0 heterocycles. The number of halogens is 1.